The van der Waals surface area contributed by atoms with Crippen LogP contribution in [0.4, 0.5) is 0 Å². The fourth-order valence-corrected chi connectivity index (χ4v) is 7.01. The Kier molecular flexibility index (Phi) is 19.0. The second kappa shape index (κ2) is 20.7. The number of fused-ring (bicyclic) bond motifs is 2. The van der Waals surface area contributed by atoms with E-state index in [0.717, 1.165) is 5.92 Å². The van der Waals surface area contributed by atoms with Gasteiger partial charge in [0.2, 0.25) is 0 Å². The molecule has 0 heterocycles. The van der Waals surface area contributed by atoms with Crippen molar-refractivity contribution in [3.05, 3.63) is 146 Å². The summed E-state index contributed by atoms with van der Waals surface area (Å²) in [5, 5.41) is 5.52. The molecule has 1 aliphatic rings. The van der Waals surface area contributed by atoms with E-state index in [9.17, 15) is 0 Å². The molecule has 7 rings (SSSR count). The van der Waals surface area contributed by atoms with Crippen LogP contribution in [-0.4, -0.2) is 6.88 Å². The van der Waals surface area contributed by atoms with Crippen LogP contribution in [0.2, 0.25) is 0 Å². The van der Waals surface area contributed by atoms with Crippen LogP contribution in [0.25, 0.3) is 43.8 Å². The monoisotopic (exact) mass is 796 g/mol. The Labute approximate surface area is 333 Å². The predicted octanol–water partition coefficient (Wildman–Crippen LogP) is 14.6. The second-order valence-corrected chi connectivity index (χ2v) is 14.4. The van der Waals surface area contributed by atoms with Crippen molar-refractivity contribution in [2.45, 2.75) is 90.9 Å². The normalized spacial score (nSPS) is 12.6. The van der Waals surface area contributed by atoms with Crippen LogP contribution in [0, 0.1) is 21.8 Å². The average Bonchev–Trinajstić information content (AvgIpc) is 3.69. The number of rotatable bonds is 4. The molecule has 0 saturated heterocycles. The van der Waals surface area contributed by atoms with E-state index in [2.05, 4.69) is 158 Å². The van der Waals surface area contributed by atoms with Gasteiger partial charge in [-0.25, -0.2) is 0 Å². The van der Waals surface area contributed by atoms with E-state index in [1.807, 2.05) is 0 Å². The van der Waals surface area contributed by atoms with Gasteiger partial charge in [-0.3, -0.25) is 0 Å². The Hall–Kier alpha value is -2.22. The van der Waals surface area contributed by atoms with E-state index in [4.69, 9.17) is 0 Å². The van der Waals surface area contributed by atoms with Gasteiger partial charge in [0, 0.05) is 0 Å². The topological polar surface area (TPSA) is 0 Å². The number of hydrogen-bond acceptors (Lipinski definition) is 0. The zero-order chi connectivity index (χ0) is 32.8. The van der Waals surface area contributed by atoms with Crippen LogP contribution in [-0.2, 0) is 28.8 Å². The molecule has 0 bridgehead atoms. The number of hydrogen-bond donors (Lipinski definition) is 0. The third-order valence-electron chi connectivity index (χ3n) is 9.69. The fraction of sp³-hybridized carbons (Fsp3) is 0.304. The van der Waals surface area contributed by atoms with Crippen LogP contribution in [0.3, 0.4) is 0 Å². The third-order valence-corrected chi connectivity index (χ3v) is 9.69. The fourth-order valence-electron chi connectivity index (χ4n) is 7.01. The van der Waals surface area contributed by atoms with Crippen LogP contribution < -0.4 is 0 Å². The average molecular weight is 799 g/mol. The van der Waals surface area contributed by atoms with E-state index >= 15 is 0 Å². The first-order valence-corrected chi connectivity index (χ1v) is 21.2. The van der Waals surface area contributed by atoms with E-state index in [1.54, 1.807) is 5.56 Å². The van der Waals surface area contributed by atoms with Crippen molar-refractivity contribution in [1.29, 1.82) is 0 Å². The number of benzene rings is 4. The van der Waals surface area contributed by atoms with E-state index in [0.29, 0.717) is 5.92 Å². The quantitative estimate of drug-likeness (QED) is 0.123. The summed E-state index contributed by atoms with van der Waals surface area (Å²) in [5.74, 6) is 1.36. The van der Waals surface area contributed by atoms with Crippen molar-refractivity contribution in [3.63, 3.8) is 0 Å². The molecule has 266 valence electrons. The van der Waals surface area contributed by atoms with Crippen molar-refractivity contribution in [3.8, 4) is 22.3 Å². The zero-order valence-electron chi connectivity index (χ0n) is 31.4. The Bertz CT molecular complexity index is 1860. The van der Waals surface area contributed by atoms with Gasteiger partial charge in [0.15, 0.2) is 0 Å². The summed E-state index contributed by atoms with van der Waals surface area (Å²) in [5.41, 5.74) is 11.2. The van der Waals surface area contributed by atoms with Crippen molar-refractivity contribution in [2.24, 2.45) is 0 Å². The molecule has 0 amide bonds. The first-order valence-electron chi connectivity index (χ1n) is 17.0. The van der Waals surface area contributed by atoms with E-state index < -0.39 is 0 Å². The van der Waals surface area contributed by atoms with E-state index in [1.165, 1.54) is 116 Å². The maximum absolute atomic E-state index is 3.06. The summed E-state index contributed by atoms with van der Waals surface area (Å²) in [4.78, 5) is 0. The molecule has 0 N–H and O–H groups in total. The SMILES string of the molecule is CC(C)(C)c1ccc(-c2cccc3[cH-]c(C4CCCCC4)cc23)cc1.Cc1cc2c(-c3ccc(C(C)C)cc3)cccc2[cH-]1.Cl.Cl.[CH3-].[CH3-].[Si]=[Zr]. The Balaban J connectivity index is 0.000000455. The molecule has 0 unspecified atom stereocenters. The van der Waals surface area contributed by atoms with Gasteiger partial charge in [0.05, 0.1) is 0 Å². The van der Waals surface area contributed by atoms with Gasteiger partial charge in [-0.05, 0) is 52.3 Å². The van der Waals surface area contributed by atoms with Crippen LogP contribution in [0.1, 0.15) is 101 Å². The van der Waals surface area contributed by atoms with Crippen molar-refractivity contribution in [1.82, 2.24) is 0 Å². The molecule has 50 heavy (non-hydrogen) atoms. The molecule has 1 saturated carbocycles. The van der Waals surface area contributed by atoms with Gasteiger partial charge in [0.25, 0.3) is 0 Å². The Morgan fingerprint density at radius 2 is 1.14 bits per heavy atom. The summed E-state index contributed by atoms with van der Waals surface area (Å²) >= 11 is 1.36. The molecule has 0 aromatic heterocycles. The van der Waals surface area contributed by atoms with Crippen LogP contribution in [0.15, 0.2) is 109 Å². The molecule has 1 fully saturated rings. The molecule has 1 aliphatic carbocycles. The minimum atomic E-state index is 0. The maximum atomic E-state index is 3.06. The summed E-state index contributed by atoms with van der Waals surface area (Å²) in [6.45, 7) is 16.5. The first kappa shape index (κ1) is 45.8. The molecule has 2 radical (unpaired) electrons. The van der Waals surface area contributed by atoms with Crippen molar-refractivity contribution in [2.75, 3.05) is 0 Å². The van der Waals surface area contributed by atoms with Gasteiger partial charge in [-0.1, -0.05) is 133 Å². The molecular weight excluding hydrogens is 743 g/mol. The van der Waals surface area contributed by atoms with Gasteiger partial charge in [-0.2, -0.15) is 12.1 Å². The second-order valence-electron chi connectivity index (χ2n) is 14.4. The Morgan fingerprint density at radius 3 is 1.64 bits per heavy atom. The van der Waals surface area contributed by atoms with Gasteiger partial charge in [0.1, 0.15) is 0 Å². The number of aryl methyl sites for hydroxylation is 1. The molecule has 0 atom stereocenters. The standard InChI is InChI=1S/C25H29.C19H19.2CH3.2ClH.Si.Zr/c1-25(2,3)22-14-12-19(13-15-22)23-11-7-10-20-16-21(17-24(20)23)18-8-5-4-6-9-18;1-13(2)15-7-9-16(10-8-15)18-6-4-5-17-11-14(3)12-19(17)18;;;;;;/h7,10-18H,4-6,8-9H2,1-3H3;4-13H,1-3H3;2*1H3;2*1H;;/q4*-1;;;;. The first-order chi connectivity index (χ1) is 22.2. The van der Waals surface area contributed by atoms with Gasteiger partial charge >= 0.3 is 30.2 Å². The molecule has 0 aliphatic heterocycles. The zero-order valence-corrected chi connectivity index (χ0v) is 36.5. The van der Waals surface area contributed by atoms with Gasteiger partial charge in [-0.15, -0.1) is 93.9 Å². The predicted molar refractivity (Wildman–Crippen MR) is 226 cm³/mol. The van der Waals surface area contributed by atoms with Crippen LogP contribution >= 0.6 is 24.8 Å². The third kappa shape index (κ3) is 10.9. The molecule has 0 spiro atoms. The molecule has 0 nitrogen and oxygen atoms in total. The summed E-state index contributed by atoms with van der Waals surface area (Å²) in [7, 11) is 0. The Morgan fingerprint density at radius 1 is 0.660 bits per heavy atom. The molecular formula is C46H56Cl2SiZr-4. The van der Waals surface area contributed by atoms with Crippen molar-refractivity contribution < 1.29 is 23.3 Å². The molecule has 6 aromatic rings. The minimum absolute atomic E-state index is 0. The molecule has 6 aromatic carbocycles. The summed E-state index contributed by atoms with van der Waals surface area (Å²) in [6.07, 6.45) is 6.95. The van der Waals surface area contributed by atoms with E-state index in [-0.39, 0.29) is 45.1 Å². The summed E-state index contributed by atoms with van der Waals surface area (Å²) < 4.78 is 0. The van der Waals surface area contributed by atoms with Crippen LogP contribution in [0.5, 0.6) is 0 Å². The van der Waals surface area contributed by atoms with Crippen molar-refractivity contribution >= 4 is 53.2 Å². The molecule has 4 heteroatoms. The number of halogens is 2. The van der Waals surface area contributed by atoms with Gasteiger partial charge < -0.3 is 14.9 Å². The summed E-state index contributed by atoms with van der Waals surface area (Å²) in [6, 6.07) is 40.9.